The monoisotopic (exact) mass is 317 g/mol. The van der Waals surface area contributed by atoms with E-state index in [2.05, 4.69) is 11.4 Å². The summed E-state index contributed by atoms with van der Waals surface area (Å²) in [6.07, 6.45) is 4.57. The van der Waals surface area contributed by atoms with Crippen LogP contribution in [0.2, 0.25) is 0 Å². The highest BCUT2D eigenvalue weighted by atomic mass is 16.5. The van der Waals surface area contributed by atoms with Gasteiger partial charge in [0.15, 0.2) is 0 Å². The van der Waals surface area contributed by atoms with Gasteiger partial charge in [-0.3, -0.25) is 4.79 Å². The van der Waals surface area contributed by atoms with Crippen molar-refractivity contribution >= 4 is 5.91 Å². The predicted octanol–water partition coefficient (Wildman–Crippen LogP) is 3.47. The molecule has 3 rings (SSSR count). The summed E-state index contributed by atoms with van der Waals surface area (Å²) >= 11 is 0. The molecule has 23 heavy (non-hydrogen) atoms. The van der Waals surface area contributed by atoms with E-state index in [-0.39, 0.29) is 30.1 Å². The Morgan fingerprint density at radius 1 is 1.35 bits per heavy atom. The molecule has 0 radical (unpaired) electrons. The van der Waals surface area contributed by atoms with E-state index in [9.17, 15) is 4.79 Å². The minimum absolute atomic E-state index is 0.0213. The first kappa shape index (κ1) is 16.3. The summed E-state index contributed by atoms with van der Waals surface area (Å²) in [6.45, 7) is 3.89. The van der Waals surface area contributed by atoms with Gasteiger partial charge in [-0.1, -0.05) is 32.4 Å². The number of fused-ring (bicyclic) bond motifs is 1. The van der Waals surface area contributed by atoms with Crippen molar-refractivity contribution in [2.45, 2.75) is 57.8 Å². The van der Waals surface area contributed by atoms with E-state index in [4.69, 9.17) is 9.47 Å². The fourth-order valence-corrected chi connectivity index (χ4v) is 3.83. The molecule has 1 saturated heterocycles. The van der Waals surface area contributed by atoms with Gasteiger partial charge in [0.2, 0.25) is 5.91 Å². The fraction of sp³-hybridized carbons (Fsp3) is 0.632. The number of carbonyl (C=O) groups is 1. The molecule has 2 fully saturated rings. The fourth-order valence-electron chi connectivity index (χ4n) is 3.83. The normalized spacial score (nSPS) is 30.1. The Hall–Kier alpha value is -1.55. The van der Waals surface area contributed by atoms with Crippen molar-refractivity contribution in [3.05, 3.63) is 29.8 Å². The van der Waals surface area contributed by atoms with Crippen LogP contribution in [0.25, 0.3) is 0 Å². The van der Waals surface area contributed by atoms with Gasteiger partial charge in [0.1, 0.15) is 5.75 Å². The lowest BCUT2D eigenvalue weighted by Gasteiger charge is -2.40. The first-order valence-corrected chi connectivity index (χ1v) is 8.68. The summed E-state index contributed by atoms with van der Waals surface area (Å²) in [5, 5.41) is 3.27. The molecule has 1 aliphatic carbocycles. The maximum atomic E-state index is 12.2. The molecule has 0 unspecified atom stereocenters. The third-order valence-electron chi connectivity index (χ3n) is 5.15. The van der Waals surface area contributed by atoms with E-state index in [0.717, 1.165) is 30.6 Å². The summed E-state index contributed by atoms with van der Waals surface area (Å²) in [5.74, 6) is 1.47. The number of rotatable bonds is 4. The highest BCUT2D eigenvalue weighted by molar-refractivity contribution is 5.78. The molecule has 4 heteroatoms. The van der Waals surface area contributed by atoms with Crippen molar-refractivity contribution in [3.63, 3.8) is 0 Å². The van der Waals surface area contributed by atoms with Crippen molar-refractivity contribution in [2.24, 2.45) is 11.8 Å². The number of methoxy groups -OCH3 is 1. The van der Waals surface area contributed by atoms with Crippen LogP contribution < -0.4 is 10.1 Å². The second-order valence-corrected chi connectivity index (χ2v) is 7.04. The molecular formula is C19H27NO3. The van der Waals surface area contributed by atoms with Crippen LogP contribution in [0.15, 0.2) is 24.3 Å². The van der Waals surface area contributed by atoms with Gasteiger partial charge in [0.25, 0.3) is 0 Å². The van der Waals surface area contributed by atoms with Crippen molar-refractivity contribution in [2.75, 3.05) is 7.11 Å². The minimum atomic E-state index is 0.0213. The smallest absolute Gasteiger partial charge is 0.222 e. The lowest BCUT2D eigenvalue weighted by Crippen LogP contribution is -2.49. The van der Waals surface area contributed by atoms with E-state index in [1.165, 1.54) is 6.42 Å². The zero-order chi connectivity index (χ0) is 16.4. The molecule has 0 bridgehead atoms. The van der Waals surface area contributed by atoms with E-state index >= 15 is 0 Å². The summed E-state index contributed by atoms with van der Waals surface area (Å²) in [5.41, 5.74) is 1.14. The Labute approximate surface area is 138 Å². The van der Waals surface area contributed by atoms with Gasteiger partial charge in [0, 0.05) is 17.9 Å². The first-order chi connectivity index (χ1) is 11.1. The molecular weight excluding hydrogens is 290 g/mol. The van der Waals surface area contributed by atoms with Gasteiger partial charge in [0.05, 0.1) is 19.3 Å². The second-order valence-electron chi connectivity index (χ2n) is 7.04. The van der Waals surface area contributed by atoms with Gasteiger partial charge < -0.3 is 14.8 Å². The molecule has 1 amide bonds. The van der Waals surface area contributed by atoms with Crippen LogP contribution in [-0.4, -0.2) is 25.2 Å². The molecule has 1 aromatic rings. The van der Waals surface area contributed by atoms with Crippen molar-refractivity contribution < 1.29 is 14.3 Å². The summed E-state index contributed by atoms with van der Waals surface area (Å²) in [6, 6.07) is 8.29. The third kappa shape index (κ3) is 3.52. The average molecular weight is 317 g/mol. The molecule has 1 N–H and O–H groups in total. The van der Waals surface area contributed by atoms with Gasteiger partial charge >= 0.3 is 0 Å². The van der Waals surface area contributed by atoms with Gasteiger partial charge in [-0.15, -0.1) is 0 Å². The predicted molar refractivity (Wildman–Crippen MR) is 89.3 cm³/mol. The molecule has 1 heterocycles. The number of ether oxygens (including phenoxy) is 2. The summed E-state index contributed by atoms with van der Waals surface area (Å²) in [4.78, 5) is 12.2. The second kappa shape index (κ2) is 6.91. The van der Waals surface area contributed by atoms with E-state index < -0.39 is 0 Å². The van der Waals surface area contributed by atoms with Crippen LogP contribution >= 0.6 is 0 Å². The number of carbonyl (C=O) groups excluding carboxylic acids is 1. The van der Waals surface area contributed by atoms with Gasteiger partial charge in [-0.05, 0) is 37.0 Å². The lowest BCUT2D eigenvalue weighted by molar-refractivity contribution is -0.129. The van der Waals surface area contributed by atoms with Crippen LogP contribution in [0.3, 0.4) is 0 Å². The van der Waals surface area contributed by atoms with Crippen LogP contribution in [0.5, 0.6) is 5.75 Å². The summed E-state index contributed by atoms with van der Waals surface area (Å²) < 4.78 is 11.7. The Kier molecular flexibility index (Phi) is 4.90. The number of hydrogen-bond donors (Lipinski definition) is 1. The van der Waals surface area contributed by atoms with Crippen molar-refractivity contribution in [1.29, 1.82) is 0 Å². The average Bonchev–Trinajstić information content (AvgIpc) is 3.03. The minimum Gasteiger partial charge on any atom is -0.497 e. The first-order valence-electron chi connectivity index (χ1n) is 8.68. The molecule has 2 aliphatic rings. The molecule has 1 aromatic carbocycles. The van der Waals surface area contributed by atoms with Gasteiger partial charge in [-0.2, -0.15) is 0 Å². The molecule has 1 aliphatic heterocycles. The van der Waals surface area contributed by atoms with Crippen molar-refractivity contribution in [1.82, 2.24) is 5.32 Å². The zero-order valence-corrected chi connectivity index (χ0v) is 14.2. The summed E-state index contributed by atoms with van der Waals surface area (Å²) in [7, 11) is 1.68. The third-order valence-corrected chi connectivity index (χ3v) is 5.15. The maximum Gasteiger partial charge on any atom is 0.222 e. The Morgan fingerprint density at radius 2 is 2.17 bits per heavy atom. The van der Waals surface area contributed by atoms with Crippen LogP contribution in [0.1, 0.15) is 51.2 Å². The highest BCUT2D eigenvalue weighted by Gasteiger charge is 2.42. The van der Waals surface area contributed by atoms with Crippen molar-refractivity contribution in [3.8, 4) is 5.75 Å². The number of nitrogens with one attached hydrogen (secondary N) is 1. The Morgan fingerprint density at radius 3 is 2.91 bits per heavy atom. The van der Waals surface area contributed by atoms with E-state index in [0.29, 0.717) is 5.92 Å². The maximum absolute atomic E-state index is 12.2. The molecule has 1 saturated carbocycles. The molecule has 126 valence electrons. The van der Waals surface area contributed by atoms with Gasteiger partial charge in [-0.25, -0.2) is 0 Å². The molecule has 4 nitrogen and oxygen atoms in total. The Bertz CT molecular complexity index is 557. The number of amides is 1. The number of hydrogen-bond acceptors (Lipinski definition) is 3. The van der Waals surface area contributed by atoms with Crippen LogP contribution in [-0.2, 0) is 9.53 Å². The molecule has 4 atom stereocenters. The molecule has 0 spiro atoms. The van der Waals surface area contributed by atoms with Crippen LogP contribution in [0.4, 0.5) is 0 Å². The highest BCUT2D eigenvalue weighted by Crippen LogP contribution is 2.43. The van der Waals surface area contributed by atoms with Crippen LogP contribution in [0, 0.1) is 11.8 Å². The largest absolute Gasteiger partial charge is 0.497 e. The standard InChI is InChI=1S/C19H27NO3/c1-12(2)19(21)20-16-11-18(23-17-9-5-8-15(16)17)13-6-4-7-14(10-13)22-3/h4,6-7,10,12,15-18H,5,8-9,11H2,1-3H3,(H,20,21)/t15-,16+,17+,18+/m0/s1. The zero-order valence-electron chi connectivity index (χ0n) is 14.2. The Balaban J connectivity index is 1.78. The van der Waals surface area contributed by atoms with E-state index in [1.807, 2.05) is 32.0 Å². The lowest BCUT2D eigenvalue weighted by atomic mass is 9.86. The topological polar surface area (TPSA) is 47.6 Å². The molecule has 0 aromatic heterocycles. The SMILES string of the molecule is COc1cccc([C@H]2C[C@@H](NC(=O)C(C)C)[C@@H]3CCC[C@H]3O2)c1. The quantitative estimate of drug-likeness (QED) is 0.925. The number of benzene rings is 1. The van der Waals surface area contributed by atoms with E-state index in [1.54, 1.807) is 7.11 Å².